The summed E-state index contributed by atoms with van der Waals surface area (Å²) in [7, 11) is -4.53. The van der Waals surface area contributed by atoms with Crippen molar-refractivity contribution in [1.82, 2.24) is 14.7 Å². The SMILES string of the molecule is Cc1cc(C)c(Oc2nc(-c3cc(F)cc(OCC(C)C)c3)ccc2C(=O)NS(=O)(=O)c2ccc[nH]c2=O)c(C)c1.[HH].[HH]. The molecule has 0 aliphatic carbocycles. The van der Waals surface area contributed by atoms with Crippen LogP contribution >= 0.6 is 0 Å². The van der Waals surface area contributed by atoms with Gasteiger partial charge in [0, 0.05) is 20.7 Å². The lowest BCUT2D eigenvalue weighted by molar-refractivity contribution is 0.0978. The highest BCUT2D eigenvalue weighted by molar-refractivity contribution is 7.90. The Kier molecular flexibility index (Phi) is 8.57. The van der Waals surface area contributed by atoms with E-state index in [1.807, 2.05) is 51.5 Å². The summed E-state index contributed by atoms with van der Waals surface area (Å²) in [5, 5.41) is 0. The predicted molar refractivity (Wildman–Crippen MR) is 157 cm³/mol. The Bertz CT molecular complexity index is 1770. The minimum atomic E-state index is -4.53. The molecule has 4 aromatic rings. The molecule has 2 aromatic carbocycles. The number of nitrogens with one attached hydrogen (secondary N) is 2. The van der Waals surface area contributed by atoms with E-state index < -0.39 is 32.2 Å². The average Bonchev–Trinajstić information content (AvgIpc) is 2.89. The second-order valence-corrected chi connectivity index (χ2v) is 11.7. The molecule has 2 aromatic heterocycles. The van der Waals surface area contributed by atoms with Crippen molar-refractivity contribution in [3.63, 3.8) is 0 Å². The molecule has 0 fully saturated rings. The van der Waals surface area contributed by atoms with Crippen molar-refractivity contribution in [3.05, 3.63) is 99.2 Å². The number of aromatic amines is 1. The van der Waals surface area contributed by atoms with Gasteiger partial charge in [0.1, 0.15) is 22.9 Å². The third kappa shape index (κ3) is 6.98. The Hall–Kier alpha value is -4.51. The minimum Gasteiger partial charge on any atom is -0.493 e. The molecule has 0 bridgehead atoms. The molecule has 0 radical (unpaired) electrons. The van der Waals surface area contributed by atoms with Gasteiger partial charge < -0.3 is 14.5 Å². The van der Waals surface area contributed by atoms with Gasteiger partial charge in [-0.05, 0) is 74.2 Å². The third-order valence-corrected chi connectivity index (χ3v) is 7.31. The Morgan fingerprint density at radius 1 is 1.07 bits per heavy atom. The summed E-state index contributed by atoms with van der Waals surface area (Å²) in [5.41, 5.74) is 2.05. The van der Waals surface area contributed by atoms with E-state index in [-0.39, 0.29) is 25.9 Å². The van der Waals surface area contributed by atoms with Gasteiger partial charge in [0.15, 0.2) is 4.90 Å². The Labute approximate surface area is 240 Å². The molecule has 0 saturated heterocycles. The first-order valence-electron chi connectivity index (χ1n) is 12.8. The fraction of sp³-hybridized carbons (Fsp3) is 0.233. The summed E-state index contributed by atoms with van der Waals surface area (Å²) in [6.45, 7) is 9.91. The maximum atomic E-state index is 14.5. The Balaban J connectivity index is 0.00000323. The molecular weight excluding hydrogens is 549 g/mol. The molecule has 4 rings (SSSR count). The predicted octanol–water partition coefficient (Wildman–Crippen LogP) is 5.94. The molecule has 0 aliphatic rings. The molecule has 0 unspecified atom stereocenters. The van der Waals surface area contributed by atoms with Crippen molar-refractivity contribution >= 4 is 15.9 Å². The lowest BCUT2D eigenvalue weighted by Crippen LogP contribution is -2.34. The van der Waals surface area contributed by atoms with Gasteiger partial charge >= 0.3 is 0 Å². The normalized spacial score (nSPS) is 11.4. The van der Waals surface area contributed by atoms with Crippen LogP contribution in [0.25, 0.3) is 11.3 Å². The zero-order valence-electron chi connectivity index (χ0n) is 23.2. The molecule has 0 atom stereocenters. The fourth-order valence-corrected chi connectivity index (χ4v) is 5.21. The van der Waals surface area contributed by atoms with Crippen LogP contribution in [0.3, 0.4) is 0 Å². The summed E-state index contributed by atoms with van der Waals surface area (Å²) in [6, 6.07) is 13.1. The second kappa shape index (κ2) is 11.9. The standard InChI is InChI=1S/C30H30FN3O6S.2H2/c1-17(2)16-39-23-14-21(13-22(31)15-23)25-9-8-24(28(35)34-41(37,38)26-7-6-10-32-29(26)36)30(33-25)40-27-19(4)11-18(3)12-20(27)5;;/h6-15,17H,16H2,1-5H3,(H,32,36)(H,34,35);2*1H. The number of hydrogen-bond acceptors (Lipinski definition) is 7. The van der Waals surface area contributed by atoms with E-state index in [2.05, 4.69) is 9.97 Å². The second-order valence-electron chi connectivity index (χ2n) is 10.1. The molecule has 11 heteroatoms. The molecule has 0 saturated carbocycles. The highest BCUT2D eigenvalue weighted by atomic mass is 32.2. The van der Waals surface area contributed by atoms with E-state index >= 15 is 0 Å². The minimum absolute atomic E-state index is 0. The molecule has 2 heterocycles. The quantitative estimate of drug-likeness (QED) is 0.250. The number of carbonyl (C=O) groups is 1. The smallest absolute Gasteiger partial charge is 0.270 e. The van der Waals surface area contributed by atoms with Crippen molar-refractivity contribution in [2.75, 3.05) is 6.61 Å². The van der Waals surface area contributed by atoms with Gasteiger partial charge in [-0.15, -0.1) is 0 Å². The molecule has 0 spiro atoms. The van der Waals surface area contributed by atoms with Crippen LogP contribution in [0.5, 0.6) is 17.4 Å². The number of rotatable bonds is 9. The molecule has 218 valence electrons. The number of halogens is 1. The summed E-state index contributed by atoms with van der Waals surface area (Å²) >= 11 is 0. The number of hydrogen-bond donors (Lipinski definition) is 2. The maximum Gasteiger partial charge on any atom is 0.270 e. The zero-order valence-corrected chi connectivity index (χ0v) is 24.1. The van der Waals surface area contributed by atoms with E-state index in [0.29, 0.717) is 23.7 Å². The van der Waals surface area contributed by atoms with Crippen molar-refractivity contribution in [2.24, 2.45) is 5.92 Å². The first-order valence-corrected chi connectivity index (χ1v) is 14.3. The molecule has 0 aliphatic heterocycles. The number of benzene rings is 2. The number of pyridine rings is 2. The van der Waals surface area contributed by atoms with Crippen molar-refractivity contribution in [3.8, 4) is 28.6 Å². The van der Waals surface area contributed by atoms with Gasteiger partial charge in [0.2, 0.25) is 5.88 Å². The molecule has 41 heavy (non-hydrogen) atoms. The van der Waals surface area contributed by atoms with Crippen molar-refractivity contribution in [2.45, 2.75) is 39.5 Å². The topological polar surface area (TPSA) is 127 Å². The first kappa shape index (κ1) is 29.5. The van der Waals surface area contributed by atoms with Crippen LogP contribution in [0.15, 0.2) is 70.5 Å². The van der Waals surface area contributed by atoms with E-state index in [4.69, 9.17) is 9.47 Å². The van der Waals surface area contributed by atoms with Gasteiger partial charge in [-0.3, -0.25) is 9.59 Å². The van der Waals surface area contributed by atoms with E-state index in [1.54, 1.807) is 6.07 Å². The fourth-order valence-electron chi connectivity index (χ4n) is 4.18. The molecule has 9 nitrogen and oxygen atoms in total. The van der Waals surface area contributed by atoms with Crippen LogP contribution in [0.1, 0.15) is 43.7 Å². The number of aromatic nitrogens is 2. The van der Waals surface area contributed by atoms with E-state index in [0.717, 1.165) is 22.8 Å². The van der Waals surface area contributed by atoms with E-state index in [9.17, 15) is 22.4 Å². The largest absolute Gasteiger partial charge is 0.493 e. The number of aryl methyl sites for hydroxylation is 3. The van der Waals surface area contributed by atoms with Crippen molar-refractivity contribution in [1.29, 1.82) is 0 Å². The van der Waals surface area contributed by atoms with Crippen molar-refractivity contribution < 1.29 is 29.9 Å². The highest BCUT2D eigenvalue weighted by Gasteiger charge is 2.25. The lowest BCUT2D eigenvalue weighted by Gasteiger charge is -2.16. The zero-order chi connectivity index (χ0) is 29.9. The third-order valence-electron chi connectivity index (χ3n) is 5.96. The lowest BCUT2D eigenvalue weighted by atomic mass is 10.1. The highest BCUT2D eigenvalue weighted by Crippen LogP contribution is 2.33. The van der Waals surface area contributed by atoms with Gasteiger partial charge in [-0.2, -0.15) is 0 Å². The summed E-state index contributed by atoms with van der Waals surface area (Å²) in [6.07, 6.45) is 1.27. The van der Waals surface area contributed by atoms with Crippen LogP contribution < -0.4 is 19.8 Å². The average molecular weight is 584 g/mol. The van der Waals surface area contributed by atoms with Gasteiger partial charge in [-0.1, -0.05) is 31.5 Å². The molecular formula is C30H34FN3O6S. The van der Waals surface area contributed by atoms with Gasteiger partial charge in [-0.25, -0.2) is 22.5 Å². The maximum absolute atomic E-state index is 14.5. The number of nitrogens with zero attached hydrogens (tertiary/aromatic N) is 1. The van der Waals surface area contributed by atoms with Gasteiger partial charge in [0.25, 0.3) is 21.5 Å². The molecule has 1 amide bonds. The van der Waals surface area contributed by atoms with Crippen LogP contribution in [-0.4, -0.2) is 30.9 Å². The first-order chi connectivity index (χ1) is 19.3. The van der Waals surface area contributed by atoms with Crippen LogP contribution in [0.2, 0.25) is 0 Å². The number of ether oxygens (including phenoxy) is 2. The number of sulfonamides is 1. The van der Waals surface area contributed by atoms with E-state index in [1.165, 1.54) is 36.5 Å². The number of carbonyl (C=O) groups excluding carboxylic acids is 1. The Morgan fingerprint density at radius 2 is 1.78 bits per heavy atom. The molecule has 2 N–H and O–H groups in total. The number of amides is 1. The van der Waals surface area contributed by atoms with Crippen LogP contribution in [-0.2, 0) is 10.0 Å². The summed E-state index contributed by atoms with van der Waals surface area (Å²) < 4.78 is 54.0. The summed E-state index contributed by atoms with van der Waals surface area (Å²) in [4.78, 5) is 31.5. The Morgan fingerprint density at radius 3 is 2.44 bits per heavy atom. The monoisotopic (exact) mass is 583 g/mol. The van der Waals surface area contributed by atoms with Gasteiger partial charge in [0.05, 0.1) is 12.3 Å². The van der Waals surface area contributed by atoms with Crippen LogP contribution in [0.4, 0.5) is 4.39 Å². The summed E-state index contributed by atoms with van der Waals surface area (Å²) in [5.74, 6) is -0.856. The number of H-pyrrole nitrogens is 1. The van der Waals surface area contributed by atoms with Crippen LogP contribution in [0, 0.1) is 32.5 Å².